The second kappa shape index (κ2) is 5.37. The second-order valence-corrected chi connectivity index (χ2v) is 6.75. The number of allylic oxidation sites excluding steroid dienone is 1. The predicted octanol–water partition coefficient (Wildman–Crippen LogP) is 2.45. The van der Waals surface area contributed by atoms with Gasteiger partial charge in [0.15, 0.2) is 0 Å². The molecule has 6 heteroatoms. The molecule has 0 radical (unpaired) electrons. The van der Waals surface area contributed by atoms with E-state index in [4.69, 9.17) is 0 Å². The van der Waals surface area contributed by atoms with Crippen LogP contribution in [0.15, 0.2) is 18.5 Å². The Kier molecular flexibility index (Phi) is 3.44. The number of aliphatic hydroxyl groups excluding tert-OH is 1. The van der Waals surface area contributed by atoms with Crippen molar-refractivity contribution in [1.29, 1.82) is 0 Å². The lowest BCUT2D eigenvalue weighted by atomic mass is 9.80. The Labute approximate surface area is 132 Å². The summed E-state index contributed by atoms with van der Waals surface area (Å²) in [6.45, 7) is 0. The molecule has 23 heavy (non-hydrogen) atoms. The molecule has 0 aromatic carbocycles. The molecular formula is C17H19F2N3O. The van der Waals surface area contributed by atoms with Gasteiger partial charge < -0.3 is 5.11 Å². The molecule has 2 aromatic rings. The number of halogens is 2. The summed E-state index contributed by atoms with van der Waals surface area (Å²) in [5, 5.41) is 19.4. The Morgan fingerprint density at radius 1 is 1.35 bits per heavy atom. The Morgan fingerprint density at radius 3 is 2.91 bits per heavy atom. The number of hydrogen-bond donors (Lipinski definition) is 1. The van der Waals surface area contributed by atoms with E-state index in [1.165, 1.54) is 0 Å². The molecule has 0 saturated heterocycles. The first-order valence-electron chi connectivity index (χ1n) is 8.10. The van der Waals surface area contributed by atoms with E-state index in [2.05, 4.69) is 22.5 Å². The smallest absolute Gasteiger partial charge is 0.248 e. The molecule has 0 amide bonds. The summed E-state index contributed by atoms with van der Waals surface area (Å²) in [7, 11) is 0. The topological polar surface area (TPSA) is 50.4 Å². The van der Waals surface area contributed by atoms with Crippen molar-refractivity contribution in [3.8, 4) is 0 Å². The summed E-state index contributed by atoms with van der Waals surface area (Å²) < 4.78 is 28.2. The van der Waals surface area contributed by atoms with Gasteiger partial charge in [-0.05, 0) is 31.1 Å². The van der Waals surface area contributed by atoms with Gasteiger partial charge in [-0.3, -0.25) is 0 Å². The summed E-state index contributed by atoms with van der Waals surface area (Å²) in [5.41, 5.74) is 2.05. The van der Waals surface area contributed by atoms with Gasteiger partial charge in [0.25, 0.3) is 0 Å². The highest BCUT2D eigenvalue weighted by molar-refractivity contribution is 5.67. The first-order valence-corrected chi connectivity index (χ1v) is 8.10. The van der Waals surface area contributed by atoms with Crippen LogP contribution in [0.1, 0.15) is 37.7 Å². The average Bonchev–Trinajstić information content (AvgIpc) is 3.08. The Balaban J connectivity index is 1.48. The molecule has 1 N–H and O–H groups in total. The second-order valence-electron chi connectivity index (χ2n) is 6.75. The van der Waals surface area contributed by atoms with Crippen molar-refractivity contribution in [2.75, 3.05) is 0 Å². The van der Waals surface area contributed by atoms with Crippen LogP contribution in [0, 0.1) is 11.8 Å². The van der Waals surface area contributed by atoms with Crippen molar-refractivity contribution in [2.45, 2.75) is 44.1 Å². The highest BCUT2D eigenvalue weighted by Gasteiger charge is 2.37. The number of aliphatic hydroxyl groups is 1. The van der Waals surface area contributed by atoms with Crippen molar-refractivity contribution in [3.05, 3.63) is 29.3 Å². The number of aromatic nitrogens is 3. The quantitative estimate of drug-likeness (QED) is 0.945. The van der Waals surface area contributed by atoms with E-state index in [1.807, 2.05) is 12.3 Å². The van der Waals surface area contributed by atoms with Gasteiger partial charge in [0.1, 0.15) is 0 Å². The van der Waals surface area contributed by atoms with Crippen LogP contribution in [0.5, 0.6) is 0 Å². The van der Waals surface area contributed by atoms with Crippen molar-refractivity contribution in [3.63, 3.8) is 0 Å². The van der Waals surface area contributed by atoms with Crippen LogP contribution in [0.3, 0.4) is 0 Å². The molecule has 1 fully saturated rings. The molecule has 2 heterocycles. The van der Waals surface area contributed by atoms with Crippen molar-refractivity contribution in [2.24, 2.45) is 11.8 Å². The number of fused-ring (bicyclic) bond motifs is 3. The molecule has 0 spiro atoms. The third kappa shape index (κ3) is 2.76. The van der Waals surface area contributed by atoms with E-state index in [-0.39, 0.29) is 24.7 Å². The van der Waals surface area contributed by atoms with Crippen LogP contribution < -0.4 is 5.22 Å². The van der Waals surface area contributed by atoms with Crippen LogP contribution >= 0.6 is 0 Å². The largest absolute Gasteiger partial charge is 0.393 e. The minimum absolute atomic E-state index is 0.0193. The van der Waals surface area contributed by atoms with Gasteiger partial charge in [0, 0.05) is 29.8 Å². The van der Waals surface area contributed by atoms with E-state index in [9.17, 15) is 13.9 Å². The molecule has 1 saturated carbocycles. The fourth-order valence-corrected chi connectivity index (χ4v) is 3.76. The Morgan fingerprint density at radius 2 is 2.13 bits per heavy atom. The maximum atomic E-state index is 13.2. The number of rotatable bonds is 3. The van der Waals surface area contributed by atoms with Gasteiger partial charge in [0.2, 0.25) is 5.92 Å². The zero-order valence-electron chi connectivity index (χ0n) is 12.7. The molecule has 2 atom stereocenters. The van der Waals surface area contributed by atoms with E-state index in [0.29, 0.717) is 19.3 Å². The van der Waals surface area contributed by atoms with Gasteiger partial charge in [-0.2, -0.15) is 0 Å². The fourth-order valence-electron chi connectivity index (χ4n) is 3.76. The number of nitrogens with zero attached hydrogens (tertiary/aromatic N) is 3. The maximum Gasteiger partial charge on any atom is 0.248 e. The molecule has 2 aliphatic carbocycles. The van der Waals surface area contributed by atoms with Crippen LogP contribution in [-0.2, 0) is 0 Å². The highest BCUT2D eigenvalue weighted by atomic mass is 19.3. The van der Waals surface area contributed by atoms with Gasteiger partial charge in [-0.25, -0.2) is 13.3 Å². The Bertz CT molecular complexity index is 788. The third-order valence-corrected chi connectivity index (χ3v) is 5.15. The van der Waals surface area contributed by atoms with E-state index < -0.39 is 12.0 Å². The van der Waals surface area contributed by atoms with E-state index in [0.717, 1.165) is 16.3 Å². The highest BCUT2D eigenvalue weighted by Crippen LogP contribution is 2.38. The third-order valence-electron chi connectivity index (χ3n) is 5.15. The van der Waals surface area contributed by atoms with Crippen molar-refractivity contribution >= 4 is 17.7 Å². The summed E-state index contributed by atoms with van der Waals surface area (Å²) in [4.78, 5) is 0. The average molecular weight is 319 g/mol. The Hall–Kier alpha value is -1.82. The number of hydrogen-bond acceptors (Lipinski definition) is 3. The molecule has 4 nitrogen and oxygen atoms in total. The van der Waals surface area contributed by atoms with Gasteiger partial charge >= 0.3 is 0 Å². The van der Waals surface area contributed by atoms with Crippen LogP contribution in [-0.4, -0.2) is 32.0 Å². The van der Waals surface area contributed by atoms with Crippen LogP contribution in [0.4, 0.5) is 8.78 Å². The van der Waals surface area contributed by atoms with Gasteiger partial charge in [-0.15, -0.1) is 5.10 Å². The maximum absolute atomic E-state index is 13.2. The first kappa shape index (κ1) is 14.8. The van der Waals surface area contributed by atoms with E-state index >= 15 is 0 Å². The monoisotopic (exact) mass is 319 g/mol. The van der Waals surface area contributed by atoms with Crippen LogP contribution in [0.25, 0.3) is 17.7 Å². The van der Waals surface area contributed by atoms with Gasteiger partial charge in [0.05, 0.1) is 17.8 Å². The normalized spacial score (nSPS) is 25.3. The van der Waals surface area contributed by atoms with Gasteiger partial charge in [-0.1, -0.05) is 23.4 Å². The zero-order valence-corrected chi connectivity index (χ0v) is 12.7. The van der Waals surface area contributed by atoms with Crippen molar-refractivity contribution < 1.29 is 13.9 Å². The fraction of sp³-hybridized carbons (Fsp3) is 0.529. The lowest BCUT2D eigenvalue weighted by Crippen LogP contribution is -2.32. The molecule has 2 aliphatic rings. The zero-order chi connectivity index (χ0) is 16.0. The molecule has 0 aliphatic heterocycles. The standard InChI is InChI=1S/C17H19F2N3O/c18-17(19)5-3-12(4-6-17)16(23)8-11-1-2-13-10-22-15(9-20-21-22)14(13)7-11/h1-2,7,9-12,16,23H,3-6,8H2. The summed E-state index contributed by atoms with van der Waals surface area (Å²) in [5.74, 6) is -2.45. The summed E-state index contributed by atoms with van der Waals surface area (Å²) in [6.07, 6.45) is 10.5. The molecule has 2 aromatic heterocycles. The summed E-state index contributed by atoms with van der Waals surface area (Å²) in [6, 6.07) is 0. The van der Waals surface area contributed by atoms with E-state index in [1.54, 1.807) is 10.7 Å². The SMILES string of the molecule is OC(CC1C=Cc2cn3nncc3c2=C1)C1CCC(F)(F)CC1. The predicted molar refractivity (Wildman–Crippen MR) is 82.7 cm³/mol. The molecule has 0 bridgehead atoms. The van der Waals surface area contributed by atoms with Crippen molar-refractivity contribution in [1.82, 2.24) is 14.8 Å². The lowest BCUT2D eigenvalue weighted by Gasteiger charge is -2.32. The molecular weight excluding hydrogens is 300 g/mol. The minimum Gasteiger partial charge on any atom is -0.393 e. The molecule has 122 valence electrons. The molecule has 2 unspecified atom stereocenters. The lowest BCUT2D eigenvalue weighted by molar-refractivity contribution is -0.0634. The minimum atomic E-state index is -2.54. The molecule has 4 rings (SSSR count). The summed E-state index contributed by atoms with van der Waals surface area (Å²) >= 11 is 0. The number of alkyl halides is 2. The van der Waals surface area contributed by atoms with Crippen LogP contribution in [0.2, 0.25) is 0 Å². The first-order chi connectivity index (χ1) is 11.0.